The van der Waals surface area contributed by atoms with Crippen LogP contribution in [0.3, 0.4) is 0 Å². The summed E-state index contributed by atoms with van der Waals surface area (Å²) in [6.45, 7) is 1.28. The molecule has 154 valence electrons. The van der Waals surface area contributed by atoms with Crippen LogP contribution < -0.4 is 20.1 Å². The molecule has 0 aliphatic heterocycles. The highest BCUT2D eigenvalue weighted by molar-refractivity contribution is 14.0. The van der Waals surface area contributed by atoms with Gasteiger partial charge in [-0.3, -0.25) is 9.67 Å². The second kappa shape index (κ2) is 11.1. The van der Waals surface area contributed by atoms with Gasteiger partial charge in [-0.15, -0.1) is 24.0 Å². The Kier molecular flexibility index (Phi) is 8.88. The van der Waals surface area contributed by atoms with Gasteiger partial charge in [-0.05, 0) is 43.9 Å². The molecule has 1 aromatic carbocycles. The summed E-state index contributed by atoms with van der Waals surface area (Å²) in [4.78, 5) is 4.30. The van der Waals surface area contributed by atoms with Crippen LogP contribution in [0.2, 0.25) is 0 Å². The molecule has 1 aliphatic carbocycles. The molecule has 1 fully saturated rings. The van der Waals surface area contributed by atoms with Gasteiger partial charge in [0.1, 0.15) is 11.5 Å². The molecule has 1 aromatic heterocycles. The highest BCUT2D eigenvalue weighted by atomic mass is 127. The average Bonchev–Trinajstić information content (AvgIpc) is 3.34. The van der Waals surface area contributed by atoms with Crippen molar-refractivity contribution < 1.29 is 9.47 Å². The third-order valence-electron chi connectivity index (χ3n) is 4.90. The summed E-state index contributed by atoms with van der Waals surface area (Å²) in [5, 5.41) is 10.8. The van der Waals surface area contributed by atoms with Gasteiger partial charge in [-0.1, -0.05) is 0 Å². The molecule has 1 saturated carbocycles. The first-order valence-corrected chi connectivity index (χ1v) is 9.44. The lowest BCUT2D eigenvalue weighted by Gasteiger charge is -2.19. The molecule has 7 nitrogen and oxygen atoms in total. The smallest absolute Gasteiger partial charge is 0.191 e. The zero-order valence-corrected chi connectivity index (χ0v) is 19.1. The first-order valence-electron chi connectivity index (χ1n) is 9.44. The Morgan fingerprint density at radius 2 is 1.96 bits per heavy atom. The monoisotopic (exact) mass is 499 g/mol. The minimum Gasteiger partial charge on any atom is -0.497 e. The number of methoxy groups -OCH3 is 1. The summed E-state index contributed by atoms with van der Waals surface area (Å²) in [5.74, 6) is 2.43. The van der Waals surface area contributed by atoms with Crippen molar-refractivity contribution in [3.63, 3.8) is 0 Å². The number of aromatic nitrogens is 2. The van der Waals surface area contributed by atoms with Crippen LogP contribution in [0.25, 0.3) is 0 Å². The van der Waals surface area contributed by atoms with Crippen LogP contribution in [0.5, 0.6) is 11.5 Å². The first-order chi connectivity index (χ1) is 13.2. The third-order valence-corrected chi connectivity index (χ3v) is 4.90. The summed E-state index contributed by atoms with van der Waals surface area (Å²) in [7, 11) is 5.37. The third kappa shape index (κ3) is 6.02. The summed E-state index contributed by atoms with van der Waals surface area (Å²) in [5.41, 5.74) is 2.18. The van der Waals surface area contributed by atoms with Gasteiger partial charge in [0.15, 0.2) is 5.96 Å². The van der Waals surface area contributed by atoms with Crippen molar-refractivity contribution in [2.24, 2.45) is 12.0 Å². The molecule has 0 amide bonds. The van der Waals surface area contributed by atoms with E-state index in [1.54, 1.807) is 20.4 Å². The number of ether oxygens (including phenoxy) is 2. The van der Waals surface area contributed by atoms with Gasteiger partial charge in [-0.25, -0.2) is 0 Å². The van der Waals surface area contributed by atoms with E-state index >= 15 is 0 Å². The SMILES string of the molecule is CN=C(NCc1ccc(OC)cc1OC1CCCC1)NCc1ccnn1C.I. The van der Waals surface area contributed by atoms with Crippen molar-refractivity contribution in [3.8, 4) is 11.5 Å². The van der Waals surface area contributed by atoms with E-state index in [2.05, 4.69) is 20.7 Å². The van der Waals surface area contributed by atoms with E-state index in [1.165, 1.54) is 12.8 Å². The van der Waals surface area contributed by atoms with E-state index in [0.29, 0.717) is 19.2 Å². The highest BCUT2D eigenvalue weighted by Gasteiger charge is 2.18. The highest BCUT2D eigenvalue weighted by Crippen LogP contribution is 2.29. The molecule has 0 bridgehead atoms. The van der Waals surface area contributed by atoms with Gasteiger partial charge in [0.25, 0.3) is 0 Å². The van der Waals surface area contributed by atoms with Crippen LogP contribution in [0.1, 0.15) is 36.9 Å². The molecule has 2 N–H and O–H groups in total. The molecule has 0 radical (unpaired) electrons. The van der Waals surface area contributed by atoms with Crippen molar-refractivity contribution in [2.75, 3.05) is 14.2 Å². The number of guanidine groups is 1. The molecule has 8 heteroatoms. The van der Waals surface area contributed by atoms with Crippen molar-refractivity contribution in [1.82, 2.24) is 20.4 Å². The number of halogens is 1. The fourth-order valence-electron chi connectivity index (χ4n) is 3.25. The van der Waals surface area contributed by atoms with Crippen LogP contribution in [-0.4, -0.2) is 36.0 Å². The fourth-order valence-corrected chi connectivity index (χ4v) is 3.25. The standard InChI is InChI=1S/C20H29N5O2.HI/c1-21-20(23-14-16-10-11-24-25(16)2)22-13-15-8-9-18(26-3)12-19(15)27-17-6-4-5-7-17;/h8-12,17H,4-7,13-14H2,1-3H3,(H2,21,22,23);1H. The number of hydrogen-bond acceptors (Lipinski definition) is 4. The van der Waals surface area contributed by atoms with Crippen molar-refractivity contribution >= 4 is 29.9 Å². The summed E-state index contributed by atoms with van der Waals surface area (Å²) in [6, 6.07) is 7.97. The van der Waals surface area contributed by atoms with Gasteiger partial charge >= 0.3 is 0 Å². The second-order valence-corrected chi connectivity index (χ2v) is 6.72. The van der Waals surface area contributed by atoms with Gasteiger partial charge in [-0.2, -0.15) is 5.10 Å². The fraction of sp³-hybridized carbons (Fsp3) is 0.500. The predicted octanol–water partition coefficient (Wildman–Crippen LogP) is 3.23. The summed E-state index contributed by atoms with van der Waals surface area (Å²) < 4.78 is 13.5. The maximum atomic E-state index is 6.26. The Morgan fingerprint density at radius 3 is 2.61 bits per heavy atom. The van der Waals surface area contributed by atoms with E-state index in [1.807, 2.05) is 36.0 Å². The maximum Gasteiger partial charge on any atom is 0.191 e. The minimum atomic E-state index is 0. The molecule has 2 aromatic rings. The molecule has 1 aliphatic rings. The average molecular weight is 499 g/mol. The number of aryl methyl sites for hydroxylation is 1. The van der Waals surface area contributed by atoms with E-state index in [-0.39, 0.29) is 24.0 Å². The van der Waals surface area contributed by atoms with Crippen LogP contribution in [-0.2, 0) is 20.1 Å². The van der Waals surface area contributed by atoms with Gasteiger partial charge in [0.05, 0.1) is 25.5 Å². The van der Waals surface area contributed by atoms with E-state index < -0.39 is 0 Å². The first kappa shape index (κ1) is 22.3. The zero-order chi connectivity index (χ0) is 19.1. The lowest BCUT2D eigenvalue weighted by atomic mass is 10.2. The second-order valence-electron chi connectivity index (χ2n) is 6.72. The van der Waals surface area contributed by atoms with Crippen LogP contribution >= 0.6 is 24.0 Å². The molecular weight excluding hydrogens is 469 g/mol. The lowest BCUT2D eigenvalue weighted by Crippen LogP contribution is -2.36. The number of nitrogens with zero attached hydrogens (tertiary/aromatic N) is 3. The van der Waals surface area contributed by atoms with Crippen LogP contribution in [0.4, 0.5) is 0 Å². The number of aliphatic imine (C=N–C) groups is 1. The molecule has 0 saturated heterocycles. The van der Waals surface area contributed by atoms with Crippen molar-refractivity contribution in [3.05, 3.63) is 41.7 Å². The van der Waals surface area contributed by atoms with Gasteiger partial charge in [0.2, 0.25) is 0 Å². The topological polar surface area (TPSA) is 72.7 Å². The normalized spacial score (nSPS) is 14.5. The number of hydrogen-bond donors (Lipinski definition) is 2. The molecule has 0 unspecified atom stereocenters. The Morgan fingerprint density at radius 1 is 1.21 bits per heavy atom. The van der Waals surface area contributed by atoms with Gasteiger partial charge < -0.3 is 20.1 Å². The quantitative estimate of drug-likeness (QED) is 0.348. The maximum absolute atomic E-state index is 6.26. The minimum absolute atomic E-state index is 0. The Hall–Kier alpha value is -1.97. The largest absolute Gasteiger partial charge is 0.497 e. The number of nitrogens with one attached hydrogen (secondary N) is 2. The van der Waals surface area contributed by atoms with E-state index in [9.17, 15) is 0 Å². The van der Waals surface area contributed by atoms with Crippen LogP contribution in [0, 0.1) is 0 Å². The van der Waals surface area contributed by atoms with E-state index in [0.717, 1.165) is 41.6 Å². The van der Waals surface area contributed by atoms with Crippen molar-refractivity contribution in [1.29, 1.82) is 0 Å². The predicted molar refractivity (Wildman–Crippen MR) is 122 cm³/mol. The molecule has 1 heterocycles. The number of rotatable bonds is 7. The Labute approximate surface area is 183 Å². The molecular formula is C20H30IN5O2. The van der Waals surface area contributed by atoms with Crippen molar-refractivity contribution in [2.45, 2.75) is 44.9 Å². The number of benzene rings is 1. The lowest BCUT2D eigenvalue weighted by molar-refractivity contribution is 0.207. The Balaban J connectivity index is 0.00000280. The van der Waals surface area contributed by atoms with Gasteiger partial charge in [0, 0.05) is 38.5 Å². The Bertz CT molecular complexity index is 772. The molecule has 0 atom stereocenters. The summed E-state index contributed by atoms with van der Waals surface area (Å²) >= 11 is 0. The molecule has 0 spiro atoms. The van der Waals surface area contributed by atoms with Crippen LogP contribution in [0.15, 0.2) is 35.5 Å². The summed E-state index contributed by atoms with van der Waals surface area (Å²) in [6.07, 6.45) is 6.82. The van der Waals surface area contributed by atoms with E-state index in [4.69, 9.17) is 9.47 Å². The molecule has 3 rings (SSSR count). The molecule has 28 heavy (non-hydrogen) atoms. The zero-order valence-electron chi connectivity index (χ0n) is 16.8.